The van der Waals surface area contributed by atoms with Gasteiger partial charge in [0.2, 0.25) is 0 Å². The summed E-state index contributed by atoms with van der Waals surface area (Å²) in [5.74, 6) is 0. The molecule has 1 aliphatic heterocycles. The Morgan fingerprint density at radius 1 is 1.19 bits per heavy atom. The molecule has 0 amide bonds. The van der Waals surface area contributed by atoms with Crippen LogP contribution in [0.4, 0.5) is 10.7 Å². The van der Waals surface area contributed by atoms with Gasteiger partial charge in [-0.05, 0) is 24.3 Å². The Balaban J connectivity index is 1.61. The zero-order valence-corrected chi connectivity index (χ0v) is 13.0. The van der Waals surface area contributed by atoms with Crippen molar-refractivity contribution in [3.63, 3.8) is 0 Å². The summed E-state index contributed by atoms with van der Waals surface area (Å²) in [7, 11) is 0. The zero-order valence-electron chi connectivity index (χ0n) is 11.5. The quantitative estimate of drug-likeness (QED) is 0.689. The molecule has 110 valence electrons. The van der Waals surface area contributed by atoms with Crippen molar-refractivity contribution in [2.24, 2.45) is 5.10 Å². The van der Waals surface area contributed by atoms with Crippen molar-refractivity contribution >= 4 is 39.8 Å². The minimum absolute atomic E-state index is 0.662. The third-order valence-electron chi connectivity index (χ3n) is 3.19. The monoisotopic (exact) mass is 321 g/mol. The molecule has 21 heavy (non-hydrogen) atoms. The SMILES string of the molecule is Clc1ccccc1NN=Cc1ccc(N2CCOCC2)s1. The molecular weight excluding hydrogens is 306 g/mol. The number of hydrogen-bond acceptors (Lipinski definition) is 5. The number of nitrogens with one attached hydrogen (secondary N) is 1. The van der Waals surface area contributed by atoms with Crippen molar-refractivity contribution < 1.29 is 4.74 Å². The lowest BCUT2D eigenvalue weighted by atomic mass is 10.3. The third kappa shape index (κ3) is 3.75. The van der Waals surface area contributed by atoms with Crippen molar-refractivity contribution in [3.8, 4) is 0 Å². The largest absolute Gasteiger partial charge is 0.378 e. The normalized spacial score (nSPS) is 15.6. The minimum Gasteiger partial charge on any atom is -0.378 e. The maximum Gasteiger partial charge on any atom is 0.0916 e. The summed E-state index contributed by atoms with van der Waals surface area (Å²) in [4.78, 5) is 3.45. The standard InChI is InChI=1S/C15H16ClN3OS/c16-13-3-1-2-4-14(13)18-17-11-12-5-6-15(21-12)19-7-9-20-10-8-19/h1-6,11,18H,7-10H2. The Morgan fingerprint density at radius 2 is 2.00 bits per heavy atom. The molecule has 0 unspecified atom stereocenters. The van der Waals surface area contributed by atoms with E-state index in [2.05, 4.69) is 27.6 Å². The van der Waals surface area contributed by atoms with Crippen LogP contribution in [0.3, 0.4) is 0 Å². The summed E-state index contributed by atoms with van der Waals surface area (Å²) >= 11 is 7.79. The number of thiophene rings is 1. The Hall–Kier alpha value is -1.56. The predicted molar refractivity (Wildman–Crippen MR) is 90.0 cm³/mol. The van der Waals surface area contributed by atoms with Crippen molar-refractivity contribution in [1.29, 1.82) is 0 Å². The molecule has 1 N–H and O–H groups in total. The van der Waals surface area contributed by atoms with Gasteiger partial charge in [-0.2, -0.15) is 5.10 Å². The van der Waals surface area contributed by atoms with Gasteiger partial charge in [-0.3, -0.25) is 5.43 Å². The molecule has 1 aliphatic rings. The lowest BCUT2D eigenvalue weighted by Gasteiger charge is -2.27. The average Bonchev–Trinajstić information content (AvgIpc) is 2.99. The summed E-state index contributed by atoms with van der Waals surface area (Å²) in [6, 6.07) is 11.8. The number of para-hydroxylation sites is 1. The number of halogens is 1. The van der Waals surface area contributed by atoms with E-state index in [1.165, 1.54) is 5.00 Å². The maximum absolute atomic E-state index is 6.06. The highest BCUT2D eigenvalue weighted by molar-refractivity contribution is 7.17. The van der Waals surface area contributed by atoms with Gasteiger partial charge in [-0.15, -0.1) is 11.3 Å². The van der Waals surface area contributed by atoms with Gasteiger partial charge in [0.15, 0.2) is 0 Å². The molecule has 0 spiro atoms. The van der Waals surface area contributed by atoms with Crippen LogP contribution in [-0.2, 0) is 4.74 Å². The lowest BCUT2D eigenvalue weighted by molar-refractivity contribution is 0.123. The topological polar surface area (TPSA) is 36.9 Å². The van der Waals surface area contributed by atoms with Crippen molar-refractivity contribution in [2.75, 3.05) is 36.6 Å². The molecule has 2 aromatic rings. The molecule has 1 fully saturated rings. The number of hydrazone groups is 1. The number of hydrogen-bond donors (Lipinski definition) is 1. The highest BCUT2D eigenvalue weighted by atomic mass is 35.5. The van der Waals surface area contributed by atoms with E-state index in [-0.39, 0.29) is 0 Å². The average molecular weight is 322 g/mol. The fraction of sp³-hybridized carbons (Fsp3) is 0.267. The Kier molecular flexibility index (Phi) is 4.75. The van der Waals surface area contributed by atoms with E-state index < -0.39 is 0 Å². The van der Waals surface area contributed by atoms with Gasteiger partial charge in [0.1, 0.15) is 0 Å². The number of ether oxygens (including phenoxy) is 1. The van der Waals surface area contributed by atoms with Crippen LogP contribution in [0.15, 0.2) is 41.5 Å². The molecule has 2 heterocycles. The van der Waals surface area contributed by atoms with Crippen LogP contribution in [-0.4, -0.2) is 32.5 Å². The molecule has 0 aliphatic carbocycles. The number of benzene rings is 1. The number of rotatable bonds is 4. The number of anilines is 2. The predicted octanol–water partition coefficient (Wildman–Crippen LogP) is 3.68. The van der Waals surface area contributed by atoms with Crippen LogP contribution in [0.5, 0.6) is 0 Å². The van der Waals surface area contributed by atoms with Gasteiger partial charge in [0, 0.05) is 18.0 Å². The van der Waals surface area contributed by atoms with E-state index >= 15 is 0 Å². The van der Waals surface area contributed by atoms with Crippen molar-refractivity contribution in [1.82, 2.24) is 0 Å². The second-order valence-corrected chi connectivity index (χ2v) is 6.13. The summed E-state index contributed by atoms with van der Waals surface area (Å²) in [5, 5.41) is 6.16. The molecule has 1 aromatic carbocycles. The fourth-order valence-electron chi connectivity index (χ4n) is 2.08. The minimum atomic E-state index is 0.662. The summed E-state index contributed by atoms with van der Waals surface area (Å²) in [5.41, 5.74) is 3.77. The molecular formula is C15H16ClN3OS. The third-order valence-corrected chi connectivity index (χ3v) is 4.60. The molecule has 0 atom stereocenters. The van der Waals surface area contributed by atoms with Crippen LogP contribution in [0, 0.1) is 0 Å². The Morgan fingerprint density at radius 3 is 2.81 bits per heavy atom. The van der Waals surface area contributed by atoms with Crippen LogP contribution in [0.2, 0.25) is 5.02 Å². The molecule has 1 aromatic heterocycles. The van der Waals surface area contributed by atoms with E-state index in [0.717, 1.165) is 36.9 Å². The van der Waals surface area contributed by atoms with E-state index in [0.29, 0.717) is 5.02 Å². The molecule has 0 saturated carbocycles. The molecule has 6 heteroatoms. The van der Waals surface area contributed by atoms with Gasteiger partial charge >= 0.3 is 0 Å². The summed E-state index contributed by atoms with van der Waals surface area (Å²) < 4.78 is 5.37. The second kappa shape index (κ2) is 6.93. The van der Waals surface area contributed by atoms with E-state index in [1.54, 1.807) is 11.3 Å². The molecule has 4 nitrogen and oxygen atoms in total. The first kappa shape index (κ1) is 14.4. The summed E-state index contributed by atoms with van der Waals surface area (Å²) in [6.07, 6.45) is 1.82. The molecule has 1 saturated heterocycles. The second-order valence-electron chi connectivity index (χ2n) is 4.63. The van der Waals surface area contributed by atoms with Crippen LogP contribution in [0.25, 0.3) is 0 Å². The van der Waals surface area contributed by atoms with E-state index in [4.69, 9.17) is 16.3 Å². The first-order valence-corrected chi connectivity index (χ1v) is 7.98. The van der Waals surface area contributed by atoms with Crippen LogP contribution >= 0.6 is 22.9 Å². The lowest BCUT2D eigenvalue weighted by Crippen LogP contribution is -2.35. The maximum atomic E-state index is 6.06. The summed E-state index contributed by atoms with van der Waals surface area (Å²) in [6.45, 7) is 3.51. The number of morpholine rings is 1. The Bertz CT molecular complexity index is 623. The van der Waals surface area contributed by atoms with Gasteiger partial charge in [0.25, 0.3) is 0 Å². The fourth-order valence-corrected chi connectivity index (χ4v) is 3.19. The van der Waals surface area contributed by atoms with Crippen LogP contribution in [0.1, 0.15) is 4.88 Å². The smallest absolute Gasteiger partial charge is 0.0916 e. The molecule has 0 radical (unpaired) electrons. The van der Waals surface area contributed by atoms with Gasteiger partial charge in [-0.1, -0.05) is 23.7 Å². The highest BCUT2D eigenvalue weighted by Crippen LogP contribution is 2.26. The first-order valence-electron chi connectivity index (χ1n) is 6.79. The number of nitrogens with zero attached hydrogens (tertiary/aromatic N) is 2. The first-order chi connectivity index (χ1) is 10.3. The van der Waals surface area contributed by atoms with Crippen molar-refractivity contribution in [3.05, 3.63) is 46.3 Å². The van der Waals surface area contributed by atoms with Gasteiger partial charge in [-0.25, -0.2) is 0 Å². The van der Waals surface area contributed by atoms with E-state index in [1.807, 2.05) is 30.5 Å². The highest BCUT2D eigenvalue weighted by Gasteiger charge is 2.12. The van der Waals surface area contributed by atoms with Crippen molar-refractivity contribution in [2.45, 2.75) is 0 Å². The molecule has 3 rings (SSSR count). The molecule has 0 bridgehead atoms. The van der Waals surface area contributed by atoms with Crippen LogP contribution < -0.4 is 10.3 Å². The van der Waals surface area contributed by atoms with Gasteiger partial charge < -0.3 is 9.64 Å². The zero-order chi connectivity index (χ0) is 14.5. The Labute approximate surface area is 133 Å². The van der Waals surface area contributed by atoms with Gasteiger partial charge in [0.05, 0.1) is 35.1 Å². The van der Waals surface area contributed by atoms with E-state index in [9.17, 15) is 0 Å².